The Kier molecular flexibility index (Phi) is 7.71. The molecule has 1 unspecified atom stereocenters. The van der Waals surface area contributed by atoms with Gasteiger partial charge in [0.25, 0.3) is 0 Å². The fourth-order valence-corrected chi connectivity index (χ4v) is 5.93. The smallest absolute Gasteiger partial charge is 0.224 e. The molecule has 12 heteroatoms. The van der Waals surface area contributed by atoms with E-state index in [1.54, 1.807) is 18.3 Å². The van der Waals surface area contributed by atoms with Crippen molar-refractivity contribution in [2.24, 2.45) is 11.7 Å². The highest BCUT2D eigenvalue weighted by Gasteiger charge is 2.29. The summed E-state index contributed by atoms with van der Waals surface area (Å²) in [6, 6.07) is 3.56. The standard InChI is InChI=1S/C24H28Cl3N7O2/c25-14-10-17(26)20(18(27)11-14)32-24-31-19-12-29-23(30-15-2-1-8-36-9-7-15)33-22(19)34(24)16-5-3-13(4-6-16)21(28)35/h10-13,15-16H,1-9H2,(H2,28,35)(H,31,32)(H,29,30,33)/t13-,15?,16+. The van der Waals surface area contributed by atoms with E-state index in [9.17, 15) is 4.79 Å². The summed E-state index contributed by atoms with van der Waals surface area (Å²) in [6.07, 6.45) is 7.57. The van der Waals surface area contributed by atoms with Crippen LogP contribution in [0.1, 0.15) is 51.0 Å². The molecule has 3 heterocycles. The lowest BCUT2D eigenvalue weighted by Crippen LogP contribution is -2.29. The Morgan fingerprint density at radius 3 is 2.50 bits per heavy atom. The molecule has 1 saturated heterocycles. The third-order valence-electron chi connectivity index (χ3n) is 6.93. The number of carbonyl (C=O) groups is 1. The fraction of sp³-hybridized carbons (Fsp3) is 0.500. The predicted octanol–water partition coefficient (Wildman–Crippen LogP) is 5.73. The van der Waals surface area contributed by atoms with Gasteiger partial charge in [0.05, 0.1) is 21.9 Å². The quantitative estimate of drug-likeness (QED) is 0.357. The number of imidazole rings is 1. The molecule has 2 aliphatic rings. The second-order valence-corrected chi connectivity index (χ2v) is 10.6. The highest BCUT2D eigenvalue weighted by atomic mass is 35.5. The molecule has 1 atom stereocenters. The average molecular weight is 553 g/mol. The molecule has 1 saturated carbocycles. The van der Waals surface area contributed by atoms with Crippen LogP contribution in [0.4, 0.5) is 17.6 Å². The van der Waals surface area contributed by atoms with Gasteiger partial charge in [0.15, 0.2) is 5.65 Å². The number of benzene rings is 1. The number of halogens is 3. The second kappa shape index (κ2) is 11.0. The van der Waals surface area contributed by atoms with Gasteiger partial charge >= 0.3 is 0 Å². The number of hydrogen-bond acceptors (Lipinski definition) is 7. The van der Waals surface area contributed by atoms with E-state index in [2.05, 4.69) is 20.2 Å². The molecular formula is C24H28Cl3N7O2. The van der Waals surface area contributed by atoms with Crippen LogP contribution >= 0.6 is 34.8 Å². The molecule has 1 aliphatic heterocycles. The summed E-state index contributed by atoms with van der Waals surface area (Å²) in [5, 5.41) is 7.97. The lowest BCUT2D eigenvalue weighted by atomic mass is 9.85. The molecular weight excluding hydrogens is 525 g/mol. The first-order chi connectivity index (χ1) is 17.4. The summed E-state index contributed by atoms with van der Waals surface area (Å²) in [4.78, 5) is 25.9. The van der Waals surface area contributed by atoms with E-state index in [1.165, 1.54) is 0 Å². The van der Waals surface area contributed by atoms with Gasteiger partial charge in [-0.25, -0.2) is 9.97 Å². The van der Waals surface area contributed by atoms with Gasteiger partial charge in [0.2, 0.25) is 17.8 Å². The number of nitrogens with one attached hydrogen (secondary N) is 2. The Morgan fingerprint density at radius 1 is 1.03 bits per heavy atom. The number of amides is 1. The van der Waals surface area contributed by atoms with Crippen LogP contribution in [0, 0.1) is 5.92 Å². The molecule has 0 bridgehead atoms. The molecule has 192 valence electrons. The monoisotopic (exact) mass is 551 g/mol. The highest BCUT2D eigenvalue weighted by molar-refractivity contribution is 6.41. The Morgan fingerprint density at radius 2 is 1.78 bits per heavy atom. The largest absolute Gasteiger partial charge is 0.381 e. The number of carbonyl (C=O) groups excluding carboxylic acids is 1. The van der Waals surface area contributed by atoms with Gasteiger partial charge < -0.3 is 21.1 Å². The molecule has 2 fully saturated rings. The molecule has 5 rings (SSSR count). The van der Waals surface area contributed by atoms with E-state index >= 15 is 0 Å². The van der Waals surface area contributed by atoms with E-state index < -0.39 is 0 Å². The molecule has 9 nitrogen and oxygen atoms in total. The average Bonchev–Trinajstić information content (AvgIpc) is 2.99. The summed E-state index contributed by atoms with van der Waals surface area (Å²) in [5.74, 6) is 0.739. The van der Waals surface area contributed by atoms with Gasteiger partial charge in [-0.3, -0.25) is 9.36 Å². The second-order valence-electron chi connectivity index (χ2n) is 9.37. The minimum absolute atomic E-state index is 0.0620. The lowest BCUT2D eigenvalue weighted by molar-refractivity contribution is -0.122. The molecule has 1 aliphatic carbocycles. The number of anilines is 3. The van der Waals surface area contributed by atoms with Crippen LogP contribution in [-0.4, -0.2) is 44.7 Å². The van der Waals surface area contributed by atoms with Crippen LogP contribution in [0.25, 0.3) is 11.2 Å². The van der Waals surface area contributed by atoms with Crippen LogP contribution in [-0.2, 0) is 9.53 Å². The number of nitrogens with zero attached hydrogens (tertiary/aromatic N) is 4. The molecule has 36 heavy (non-hydrogen) atoms. The molecule has 1 aromatic carbocycles. The van der Waals surface area contributed by atoms with E-state index in [4.69, 9.17) is 55.2 Å². The Hall–Kier alpha value is -2.33. The van der Waals surface area contributed by atoms with Gasteiger partial charge in [0.1, 0.15) is 5.52 Å². The normalized spacial score (nSPS) is 22.8. The predicted molar refractivity (Wildman–Crippen MR) is 142 cm³/mol. The topological polar surface area (TPSA) is 120 Å². The summed E-state index contributed by atoms with van der Waals surface area (Å²) < 4.78 is 7.64. The highest BCUT2D eigenvalue weighted by Crippen LogP contribution is 2.40. The van der Waals surface area contributed by atoms with Crippen molar-refractivity contribution in [2.75, 3.05) is 23.8 Å². The zero-order valence-electron chi connectivity index (χ0n) is 19.6. The van der Waals surface area contributed by atoms with Gasteiger partial charge in [-0.2, -0.15) is 4.98 Å². The van der Waals surface area contributed by atoms with Crippen LogP contribution in [0.3, 0.4) is 0 Å². The molecule has 2 aromatic heterocycles. The first-order valence-electron chi connectivity index (χ1n) is 12.2. The number of nitrogens with two attached hydrogens (primary N) is 1. The van der Waals surface area contributed by atoms with Gasteiger partial charge in [-0.15, -0.1) is 0 Å². The third kappa shape index (κ3) is 5.49. The van der Waals surface area contributed by atoms with Gasteiger partial charge in [-0.1, -0.05) is 34.8 Å². The molecule has 1 amide bonds. The minimum Gasteiger partial charge on any atom is -0.381 e. The maximum absolute atomic E-state index is 11.7. The van der Waals surface area contributed by atoms with Crippen molar-refractivity contribution in [1.82, 2.24) is 19.5 Å². The number of rotatable bonds is 6. The van der Waals surface area contributed by atoms with E-state index in [0.29, 0.717) is 56.7 Å². The van der Waals surface area contributed by atoms with Crippen molar-refractivity contribution in [3.63, 3.8) is 0 Å². The molecule has 0 radical (unpaired) electrons. The summed E-state index contributed by atoms with van der Waals surface area (Å²) in [6.45, 7) is 1.50. The van der Waals surface area contributed by atoms with Crippen LogP contribution in [0.2, 0.25) is 15.1 Å². The SMILES string of the molecule is NC(=O)[C@H]1CC[C@@H](n2c(Nc3c(Cl)cc(Cl)cc3Cl)nc3cnc(NC4CCCOCC4)nc32)CC1. The lowest BCUT2D eigenvalue weighted by Gasteiger charge is -2.29. The molecule has 3 aromatic rings. The van der Waals surface area contributed by atoms with Crippen molar-refractivity contribution < 1.29 is 9.53 Å². The zero-order chi connectivity index (χ0) is 25.2. The number of hydrogen-bond donors (Lipinski definition) is 3. The zero-order valence-corrected chi connectivity index (χ0v) is 21.9. The molecule has 0 spiro atoms. The number of ether oxygens (including phenoxy) is 1. The fourth-order valence-electron chi connectivity index (χ4n) is 5.02. The van der Waals surface area contributed by atoms with Crippen molar-refractivity contribution in [1.29, 1.82) is 0 Å². The van der Waals surface area contributed by atoms with Crippen LogP contribution < -0.4 is 16.4 Å². The molecule has 4 N–H and O–H groups in total. The van der Waals surface area contributed by atoms with Crippen molar-refractivity contribution in [3.8, 4) is 0 Å². The Balaban J connectivity index is 1.51. The van der Waals surface area contributed by atoms with E-state index in [-0.39, 0.29) is 23.9 Å². The Bertz CT molecular complexity index is 1230. The van der Waals surface area contributed by atoms with Crippen LogP contribution in [0.5, 0.6) is 0 Å². The maximum Gasteiger partial charge on any atom is 0.224 e. The van der Waals surface area contributed by atoms with Crippen molar-refractivity contribution in [2.45, 2.75) is 57.0 Å². The van der Waals surface area contributed by atoms with E-state index in [0.717, 1.165) is 45.3 Å². The maximum atomic E-state index is 11.7. The number of fused-ring (bicyclic) bond motifs is 1. The first-order valence-corrected chi connectivity index (χ1v) is 13.3. The first kappa shape index (κ1) is 25.3. The summed E-state index contributed by atoms with van der Waals surface area (Å²) >= 11 is 19.0. The summed E-state index contributed by atoms with van der Waals surface area (Å²) in [5.41, 5.74) is 7.42. The Labute approximate surface area is 224 Å². The number of primary amides is 1. The van der Waals surface area contributed by atoms with Crippen molar-refractivity contribution >= 4 is 69.5 Å². The van der Waals surface area contributed by atoms with E-state index in [1.807, 2.05) is 0 Å². The minimum atomic E-state index is -0.247. The number of aromatic nitrogens is 4. The van der Waals surface area contributed by atoms with Gasteiger partial charge in [0, 0.05) is 36.2 Å². The summed E-state index contributed by atoms with van der Waals surface area (Å²) in [7, 11) is 0. The van der Waals surface area contributed by atoms with Crippen molar-refractivity contribution in [3.05, 3.63) is 33.4 Å². The van der Waals surface area contributed by atoms with Gasteiger partial charge in [-0.05, 0) is 57.1 Å². The van der Waals surface area contributed by atoms with Crippen LogP contribution in [0.15, 0.2) is 18.3 Å². The third-order valence-corrected chi connectivity index (χ3v) is 7.74.